The standard InChI is InChI=1S/C71H130NO8P/c1-3-5-7-9-11-13-15-17-19-21-23-25-27-29-31-32-33-34-35-36-38-39-41-43-45-47-49-51-53-55-57-59-61-63-70(73)77-67-69(68-79-81(75,76)78-66-65-72)80-71(74)64-62-60-58-56-54-52-50-48-46-44-42-40-37-30-28-26-24-22-20-18-16-14-12-10-8-6-4-2/h6,8,12,14,18,20,24,26,30,37,42,44,69H,3-5,7,9-11,13,15-17,19,21-23,25,27-29,31-36,38-41,43,45-68,72H2,1-2H3,(H,75,76)/b8-6-,14-12-,20-18-,26-24-,37-30-,44-42-. The Morgan fingerprint density at radius 1 is 0.383 bits per heavy atom. The monoisotopic (exact) mass is 1160 g/mol. The maximum absolute atomic E-state index is 12.7. The Labute approximate surface area is 501 Å². The van der Waals surface area contributed by atoms with Crippen molar-refractivity contribution in [3.8, 4) is 0 Å². The molecule has 0 aromatic carbocycles. The summed E-state index contributed by atoms with van der Waals surface area (Å²) in [4.78, 5) is 35.3. The van der Waals surface area contributed by atoms with Crippen LogP contribution in [0.1, 0.15) is 335 Å². The van der Waals surface area contributed by atoms with Crippen LogP contribution in [0, 0.1) is 0 Å². The first-order valence-corrected chi connectivity index (χ1v) is 35.9. The Morgan fingerprint density at radius 3 is 1.01 bits per heavy atom. The fraction of sp³-hybridized carbons (Fsp3) is 0.803. The van der Waals surface area contributed by atoms with E-state index in [1.54, 1.807) is 0 Å². The first kappa shape index (κ1) is 78.5. The molecular weight excluding hydrogens is 1030 g/mol. The van der Waals surface area contributed by atoms with E-state index in [9.17, 15) is 19.0 Å². The lowest BCUT2D eigenvalue weighted by atomic mass is 10.0. The van der Waals surface area contributed by atoms with Gasteiger partial charge in [-0.05, 0) is 64.2 Å². The number of carbonyl (C=O) groups is 2. The van der Waals surface area contributed by atoms with E-state index in [1.165, 1.54) is 218 Å². The van der Waals surface area contributed by atoms with Crippen LogP contribution in [-0.2, 0) is 32.7 Å². The third-order valence-electron chi connectivity index (χ3n) is 15.1. The van der Waals surface area contributed by atoms with Gasteiger partial charge in [0.05, 0.1) is 13.2 Å². The molecule has 0 aliphatic heterocycles. The van der Waals surface area contributed by atoms with Crippen LogP contribution < -0.4 is 5.73 Å². The molecule has 0 amide bonds. The summed E-state index contributed by atoms with van der Waals surface area (Å²) in [6.07, 6.45) is 87.1. The SMILES string of the molecule is CC/C=C\C/C=C\C/C=C\C/C=C\C/C=C\C/C=C\CCCCCCCCCCC(=O)OC(COC(=O)CCCCCCCCCCCCCCCCCCCCCCCCCCCCCCCCCCC)COP(=O)(O)OCCN. The molecule has 0 bridgehead atoms. The van der Waals surface area contributed by atoms with Gasteiger partial charge >= 0.3 is 19.8 Å². The average molecular weight is 1160 g/mol. The predicted octanol–water partition coefficient (Wildman–Crippen LogP) is 22.4. The summed E-state index contributed by atoms with van der Waals surface area (Å²) in [6, 6.07) is 0. The van der Waals surface area contributed by atoms with Crippen LogP contribution in [0.15, 0.2) is 72.9 Å². The number of phosphoric ester groups is 1. The molecule has 0 saturated heterocycles. The molecule has 10 heteroatoms. The van der Waals surface area contributed by atoms with Crippen molar-refractivity contribution in [1.82, 2.24) is 0 Å². The normalized spacial score (nSPS) is 13.4. The number of hydrogen-bond donors (Lipinski definition) is 2. The Bertz CT molecular complexity index is 1560. The number of unbranched alkanes of at least 4 members (excludes halogenated alkanes) is 40. The number of carbonyl (C=O) groups excluding carboxylic acids is 2. The van der Waals surface area contributed by atoms with Gasteiger partial charge in [-0.3, -0.25) is 18.6 Å². The zero-order valence-corrected chi connectivity index (χ0v) is 53.9. The molecule has 0 radical (unpaired) electrons. The summed E-state index contributed by atoms with van der Waals surface area (Å²) in [5.74, 6) is -0.826. The van der Waals surface area contributed by atoms with Crippen LogP contribution in [0.4, 0.5) is 0 Å². The summed E-state index contributed by atoms with van der Waals surface area (Å²) in [5.41, 5.74) is 5.40. The second-order valence-electron chi connectivity index (χ2n) is 23.0. The van der Waals surface area contributed by atoms with Crippen molar-refractivity contribution >= 4 is 19.8 Å². The van der Waals surface area contributed by atoms with Crippen molar-refractivity contribution < 1.29 is 37.6 Å². The van der Waals surface area contributed by atoms with Gasteiger partial charge in [0.15, 0.2) is 6.10 Å². The summed E-state index contributed by atoms with van der Waals surface area (Å²) in [7, 11) is -4.40. The van der Waals surface area contributed by atoms with E-state index in [0.29, 0.717) is 6.42 Å². The highest BCUT2D eigenvalue weighted by Gasteiger charge is 2.26. The average Bonchev–Trinajstić information content (AvgIpc) is 3.46. The van der Waals surface area contributed by atoms with E-state index < -0.39 is 26.5 Å². The number of rotatable bonds is 65. The minimum Gasteiger partial charge on any atom is -0.462 e. The molecule has 472 valence electrons. The molecule has 0 aliphatic carbocycles. The van der Waals surface area contributed by atoms with Gasteiger partial charge in [-0.15, -0.1) is 0 Å². The van der Waals surface area contributed by atoms with Crippen molar-refractivity contribution in [1.29, 1.82) is 0 Å². The number of hydrogen-bond acceptors (Lipinski definition) is 8. The van der Waals surface area contributed by atoms with E-state index in [1.807, 2.05) is 0 Å². The Kier molecular flexibility index (Phi) is 64.5. The van der Waals surface area contributed by atoms with Crippen molar-refractivity contribution in [3.05, 3.63) is 72.9 Å². The lowest BCUT2D eigenvalue weighted by molar-refractivity contribution is -0.161. The van der Waals surface area contributed by atoms with Gasteiger partial charge in [-0.1, -0.05) is 331 Å². The largest absolute Gasteiger partial charge is 0.472 e. The van der Waals surface area contributed by atoms with Crippen molar-refractivity contribution in [2.24, 2.45) is 5.73 Å². The molecule has 2 atom stereocenters. The van der Waals surface area contributed by atoms with Gasteiger partial charge in [0.2, 0.25) is 0 Å². The maximum Gasteiger partial charge on any atom is 0.472 e. The zero-order chi connectivity index (χ0) is 58.7. The van der Waals surface area contributed by atoms with E-state index in [0.717, 1.165) is 83.5 Å². The molecule has 0 heterocycles. The van der Waals surface area contributed by atoms with Crippen molar-refractivity contribution in [2.75, 3.05) is 26.4 Å². The van der Waals surface area contributed by atoms with Crippen molar-refractivity contribution in [3.63, 3.8) is 0 Å². The van der Waals surface area contributed by atoms with Crippen LogP contribution in [0.5, 0.6) is 0 Å². The van der Waals surface area contributed by atoms with Crippen LogP contribution in [0.3, 0.4) is 0 Å². The second-order valence-corrected chi connectivity index (χ2v) is 24.5. The summed E-state index contributed by atoms with van der Waals surface area (Å²) < 4.78 is 33.2. The molecule has 0 rings (SSSR count). The van der Waals surface area contributed by atoms with Gasteiger partial charge in [0.25, 0.3) is 0 Å². The quantitative estimate of drug-likeness (QED) is 0.0264. The maximum atomic E-state index is 12.7. The minimum absolute atomic E-state index is 0.0504. The van der Waals surface area contributed by atoms with E-state index in [-0.39, 0.29) is 38.6 Å². The van der Waals surface area contributed by atoms with Gasteiger partial charge in [0.1, 0.15) is 6.61 Å². The molecule has 0 spiro atoms. The molecule has 0 aromatic rings. The number of phosphoric acid groups is 1. The number of nitrogens with two attached hydrogens (primary N) is 1. The van der Waals surface area contributed by atoms with Gasteiger partial charge < -0.3 is 20.1 Å². The molecule has 0 aliphatic rings. The van der Waals surface area contributed by atoms with Crippen LogP contribution in [0.25, 0.3) is 0 Å². The molecule has 0 saturated carbocycles. The topological polar surface area (TPSA) is 134 Å². The molecular formula is C71H130NO8P. The Morgan fingerprint density at radius 2 is 0.679 bits per heavy atom. The first-order chi connectivity index (χ1) is 39.8. The Hall–Kier alpha value is -2.55. The van der Waals surface area contributed by atoms with E-state index in [2.05, 4.69) is 86.8 Å². The van der Waals surface area contributed by atoms with Crippen molar-refractivity contribution in [2.45, 2.75) is 341 Å². The summed E-state index contributed by atoms with van der Waals surface area (Å²) in [6.45, 7) is 3.67. The second kappa shape index (κ2) is 66.6. The lowest BCUT2D eigenvalue weighted by Gasteiger charge is -2.19. The van der Waals surface area contributed by atoms with Gasteiger partial charge in [0, 0.05) is 19.4 Å². The van der Waals surface area contributed by atoms with Crippen LogP contribution >= 0.6 is 7.82 Å². The fourth-order valence-corrected chi connectivity index (χ4v) is 10.8. The Balaban J connectivity index is 3.87. The fourth-order valence-electron chi connectivity index (χ4n) is 10.1. The lowest BCUT2D eigenvalue weighted by Crippen LogP contribution is -2.29. The summed E-state index contributed by atoms with van der Waals surface area (Å²) >= 11 is 0. The first-order valence-electron chi connectivity index (χ1n) is 34.4. The van der Waals surface area contributed by atoms with Crippen LogP contribution in [0.2, 0.25) is 0 Å². The van der Waals surface area contributed by atoms with E-state index >= 15 is 0 Å². The highest BCUT2D eigenvalue weighted by Crippen LogP contribution is 2.43. The number of ether oxygens (including phenoxy) is 2. The highest BCUT2D eigenvalue weighted by molar-refractivity contribution is 7.47. The molecule has 9 nitrogen and oxygen atoms in total. The molecule has 3 N–H and O–H groups in total. The molecule has 81 heavy (non-hydrogen) atoms. The number of allylic oxidation sites excluding steroid dienone is 12. The van der Waals surface area contributed by atoms with Gasteiger partial charge in [-0.2, -0.15) is 0 Å². The molecule has 2 unspecified atom stereocenters. The third-order valence-corrected chi connectivity index (χ3v) is 16.1. The predicted molar refractivity (Wildman–Crippen MR) is 349 cm³/mol. The third kappa shape index (κ3) is 66.5. The molecule has 0 aromatic heterocycles. The van der Waals surface area contributed by atoms with Crippen LogP contribution in [-0.4, -0.2) is 49.3 Å². The zero-order valence-electron chi connectivity index (χ0n) is 53.0. The number of esters is 2. The van der Waals surface area contributed by atoms with E-state index in [4.69, 9.17) is 24.3 Å². The molecule has 0 fully saturated rings. The summed E-state index contributed by atoms with van der Waals surface area (Å²) in [5, 5.41) is 0. The van der Waals surface area contributed by atoms with Gasteiger partial charge in [-0.25, -0.2) is 4.57 Å². The minimum atomic E-state index is -4.40. The smallest absolute Gasteiger partial charge is 0.462 e. The highest BCUT2D eigenvalue weighted by atomic mass is 31.2.